The Morgan fingerprint density at radius 2 is 1.96 bits per heavy atom. The molecule has 2 rings (SSSR count). The van der Waals surface area contributed by atoms with Crippen LogP contribution in [0, 0.1) is 0 Å². The lowest BCUT2D eigenvalue weighted by atomic mass is 10.2. The number of anilines is 1. The highest BCUT2D eigenvalue weighted by molar-refractivity contribution is 8.20. The predicted molar refractivity (Wildman–Crippen MR) is 89.7 cm³/mol. The number of methoxy groups -OCH3 is 1. The molecule has 0 saturated carbocycles. The van der Waals surface area contributed by atoms with Gasteiger partial charge in [-0.2, -0.15) is 0 Å². The number of carbonyl (C=O) groups excluding carboxylic acids is 1. The molecule has 1 heterocycles. The third kappa shape index (κ3) is 5.29. The fourth-order valence-electron chi connectivity index (χ4n) is 2.70. The monoisotopic (exact) mass is 365 g/mol. The number of carbonyl (C=O) groups is 1. The average molecular weight is 365 g/mol. The van der Waals surface area contributed by atoms with Gasteiger partial charge < -0.3 is 20.3 Å². The zero-order valence-corrected chi connectivity index (χ0v) is 14.3. The van der Waals surface area contributed by atoms with E-state index in [4.69, 9.17) is 10.5 Å². The Balaban J connectivity index is 1.95. The molecule has 24 heavy (non-hydrogen) atoms. The summed E-state index contributed by atoms with van der Waals surface area (Å²) in [4.78, 5) is 15.8. The fourth-order valence-corrected chi connectivity index (χ4v) is 3.26. The van der Waals surface area contributed by atoms with Crippen molar-refractivity contribution in [3.63, 3.8) is 0 Å². The van der Waals surface area contributed by atoms with Crippen molar-refractivity contribution in [2.75, 3.05) is 44.8 Å². The second kappa shape index (κ2) is 8.09. The third-order valence-electron chi connectivity index (χ3n) is 3.86. The Bertz CT molecular complexity index is 563. The summed E-state index contributed by atoms with van der Waals surface area (Å²) >= 11 is -5.06. The summed E-state index contributed by atoms with van der Waals surface area (Å²) in [5.41, 5.74) is 6.78. The molecule has 0 spiro atoms. The lowest BCUT2D eigenvalue weighted by molar-refractivity contribution is -0.134. The minimum absolute atomic E-state index is 0.161. The molecule has 1 aliphatic rings. The molecule has 1 amide bonds. The molecule has 1 saturated heterocycles. The van der Waals surface area contributed by atoms with Gasteiger partial charge in [-0.25, -0.2) is 0 Å². The first-order valence-electron chi connectivity index (χ1n) is 7.57. The molecule has 1 aliphatic heterocycles. The lowest BCUT2D eigenvalue weighted by Gasteiger charge is -2.37. The highest BCUT2D eigenvalue weighted by Crippen LogP contribution is 2.56. The zero-order valence-electron chi connectivity index (χ0n) is 13.5. The standard InChI is InChI=1S/C15H22F3N3O2S/c1-23-10-14(19)15(22)21-7-5-20(6-8-21)13-4-2-3-12(9-13)11-24(16,17)18/h2-4,9,14H,5-8,10-11,19H2,1H3. The molecule has 0 aromatic heterocycles. The SMILES string of the molecule is COCC(N)C(=O)N1CCN(c2cccc(CS(F)(F)F)c2)CC1. The number of nitrogens with two attached hydrogens (primary N) is 1. The van der Waals surface area contributed by atoms with E-state index in [0.717, 1.165) is 5.69 Å². The predicted octanol–water partition coefficient (Wildman–Crippen LogP) is 2.27. The van der Waals surface area contributed by atoms with Crippen molar-refractivity contribution in [3.05, 3.63) is 29.8 Å². The van der Waals surface area contributed by atoms with Gasteiger partial charge in [-0.05, 0) is 17.7 Å². The Hall–Kier alpha value is -1.45. The molecule has 0 aliphatic carbocycles. The van der Waals surface area contributed by atoms with Gasteiger partial charge in [0.25, 0.3) is 0 Å². The summed E-state index contributed by atoms with van der Waals surface area (Å²) in [6.07, 6.45) is 0. The van der Waals surface area contributed by atoms with Gasteiger partial charge in [0.1, 0.15) is 6.04 Å². The summed E-state index contributed by atoms with van der Waals surface area (Å²) in [6.45, 7) is 2.28. The van der Waals surface area contributed by atoms with Gasteiger partial charge in [-0.15, -0.1) is 11.7 Å². The van der Waals surface area contributed by atoms with Crippen LogP contribution in [0.25, 0.3) is 0 Å². The highest BCUT2D eigenvalue weighted by Gasteiger charge is 2.26. The summed E-state index contributed by atoms with van der Waals surface area (Å²) in [5.74, 6) is -1.02. The van der Waals surface area contributed by atoms with E-state index in [9.17, 15) is 16.5 Å². The van der Waals surface area contributed by atoms with Crippen molar-refractivity contribution in [1.29, 1.82) is 0 Å². The molecule has 1 unspecified atom stereocenters. The second-order valence-electron chi connectivity index (χ2n) is 5.69. The molecule has 1 atom stereocenters. The Morgan fingerprint density at radius 1 is 1.29 bits per heavy atom. The number of ether oxygens (including phenoxy) is 1. The van der Waals surface area contributed by atoms with E-state index in [-0.39, 0.29) is 18.1 Å². The van der Waals surface area contributed by atoms with Gasteiger partial charge in [0, 0.05) is 39.0 Å². The summed E-state index contributed by atoms with van der Waals surface area (Å²) < 4.78 is 42.7. The summed E-state index contributed by atoms with van der Waals surface area (Å²) in [5, 5.41) is 0. The molecule has 1 aromatic rings. The molecule has 136 valence electrons. The van der Waals surface area contributed by atoms with Gasteiger partial charge in [0.15, 0.2) is 0 Å². The van der Waals surface area contributed by atoms with Crippen LogP contribution in [0.15, 0.2) is 24.3 Å². The minimum atomic E-state index is -5.06. The van der Waals surface area contributed by atoms with Crippen LogP contribution < -0.4 is 10.6 Å². The Kier molecular flexibility index (Phi) is 6.36. The van der Waals surface area contributed by atoms with Crippen molar-refractivity contribution < 1.29 is 21.2 Å². The number of rotatable bonds is 6. The van der Waals surface area contributed by atoms with Gasteiger partial charge >= 0.3 is 0 Å². The third-order valence-corrected chi connectivity index (χ3v) is 4.52. The van der Waals surface area contributed by atoms with E-state index >= 15 is 0 Å². The number of hydrogen-bond acceptors (Lipinski definition) is 4. The fraction of sp³-hybridized carbons (Fsp3) is 0.533. The largest absolute Gasteiger partial charge is 0.383 e. The maximum atomic E-state index is 12.6. The van der Waals surface area contributed by atoms with Crippen LogP contribution in [0.5, 0.6) is 0 Å². The van der Waals surface area contributed by atoms with E-state index in [2.05, 4.69) is 0 Å². The molecule has 0 radical (unpaired) electrons. The number of hydrogen-bond donors (Lipinski definition) is 1. The first-order valence-corrected chi connectivity index (χ1v) is 9.07. The van der Waals surface area contributed by atoms with E-state index in [0.29, 0.717) is 26.2 Å². The van der Waals surface area contributed by atoms with Crippen LogP contribution in [-0.2, 0) is 15.3 Å². The van der Waals surface area contributed by atoms with Crippen LogP contribution in [0.4, 0.5) is 17.3 Å². The molecule has 5 nitrogen and oxygen atoms in total. The molecule has 1 aromatic carbocycles. The molecule has 0 bridgehead atoms. The van der Waals surface area contributed by atoms with Gasteiger partial charge in [-0.3, -0.25) is 4.79 Å². The molecule has 9 heteroatoms. The first-order chi connectivity index (χ1) is 11.3. The molecular weight excluding hydrogens is 343 g/mol. The van der Waals surface area contributed by atoms with Crippen molar-refractivity contribution in [1.82, 2.24) is 4.90 Å². The van der Waals surface area contributed by atoms with E-state index in [1.807, 2.05) is 4.90 Å². The summed E-state index contributed by atoms with van der Waals surface area (Å²) in [6, 6.07) is 5.83. The lowest BCUT2D eigenvalue weighted by Crippen LogP contribution is -2.54. The van der Waals surface area contributed by atoms with Crippen molar-refractivity contribution in [2.45, 2.75) is 11.8 Å². The Morgan fingerprint density at radius 3 is 2.54 bits per heavy atom. The van der Waals surface area contributed by atoms with Crippen LogP contribution in [0.2, 0.25) is 0 Å². The average Bonchev–Trinajstić information content (AvgIpc) is 2.53. The molecular formula is C15H22F3N3O2S. The van der Waals surface area contributed by atoms with E-state index < -0.39 is 23.0 Å². The van der Waals surface area contributed by atoms with Crippen LogP contribution in [0.3, 0.4) is 0 Å². The topological polar surface area (TPSA) is 58.8 Å². The van der Waals surface area contributed by atoms with E-state index in [1.165, 1.54) is 13.2 Å². The number of amides is 1. The van der Waals surface area contributed by atoms with Gasteiger partial charge in [0.2, 0.25) is 17.1 Å². The minimum Gasteiger partial charge on any atom is -0.383 e. The number of halogens is 3. The number of benzene rings is 1. The van der Waals surface area contributed by atoms with Crippen molar-refractivity contribution in [2.24, 2.45) is 5.73 Å². The van der Waals surface area contributed by atoms with Crippen molar-refractivity contribution in [3.8, 4) is 0 Å². The van der Waals surface area contributed by atoms with E-state index in [1.54, 1.807) is 23.1 Å². The Labute approximate surface area is 141 Å². The number of nitrogens with zero attached hydrogens (tertiary/aromatic N) is 2. The second-order valence-corrected chi connectivity index (χ2v) is 6.98. The summed E-state index contributed by atoms with van der Waals surface area (Å²) in [7, 11) is 1.49. The maximum Gasteiger partial charge on any atom is 0.241 e. The van der Waals surface area contributed by atoms with Crippen LogP contribution in [0.1, 0.15) is 5.56 Å². The highest BCUT2D eigenvalue weighted by atomic mass is 32.3. The first kappa shape index (κ1) is 18.9. The molecule has 2 N–H and O–H groups in total. The van der Waals surface area contributed by atoms with Crippen LogP contribution >= 0.6 is 11.2 Å². The van der Waals surface area contributed by atoms with Crippen molar-refractivity contribution >= 4 is 22.8 Å². The normalized spacial score (nSPS) is 17.7. The van der Waals surface area contributed by atoms with Gasteiger partial charge in [0.05, 0.1) is 12.4 Å². The van der Waals surface area contributed by atoms with Crippen LogP contribution in [-0.4, -0.2) is 56.7 Å². The maximum absolute atomic E-state index is 12.6. The smallest absolute Gasteiger partial charge is 0.241 e. The number of piperazine rings is 1. The molecule has 1 fully saturated rings. The quantitative estimate of drug-likeness (QED) is 0.840. The zero-order chi connectivity index (χ0) is 17.7. The van der Waals surface area contributed by atoms with Gasteiger partial charge in [-0.1, -0.05) is 12.1 Å².